The first-order chi connectivity index (χ1) is 8.27. The Morgan fingerprint density at radius 3 is 2.76 bits per heavy atom. The lowest BCUT2D eigenvalue weighted by atomic mass is 10.2. The van der Waals surface area contributed by atoms with Crippen molar-refractivity contribution < 1.29 is 9.47 Å². The molecule has 2 aliphatic heterocycles. The molecular weight excluding hydrogens is 216 g/mol. The van der Waals surface area contributed by atoms with Crippen LogP contribution in [0.3, 0.4) is 0 Å². The second-order valence-corrected chi connectivity index (χ2v) is 4.77. The molecule has 0 saturated carbocycles. The largest absolute Gasteiger partial charge is 0.398 e. The van der Waals surface area contributed by atoms with Crippen molar-refractivity contribution in [3.63, 3.8) is 0 Å². The van der Waals surface area contributed by atoms with Crippen molar-refractivity contribution in [3.05, 3.63) is 29.8 Å². The van der Waals surface area contributed by atoms with Gasteiger partial charge in [0.05, 0.1) is 19.8 Å². The van der Waals surface area contributed by atoms with Crippen molar-refractivity contribution in [1.82, 2.24) is 4.90 Å². The van der Waals surface area contributed by atoms with E-state index in [0.29, 0.717) is 0 Å². The molecule has 0 aliphatic carbocycles. The molecule has 0 amide bonds. The van der Waals surface area contributed by atoms with Crippen LogP contribution in [0.2, 0.25) is 0 Å². The van der Waals surface area contributed by atoms with E-state index in [1.807, 2.05) is 18.2 Å². The maximum atomic E-state index is 5.95. The summed E-state index contributed by atoms with van der Waals surface area (Å²) in [5.74, 6) is -0.330. The zero-order valence-electron chi connectivity index (χ0n) is 9.89. The third kappa shape index (κ3) is 2.16. The van der Waals surface area contributed by atoms with E-state index in [-0.39, 0.29) is 5.79 Å². The number of nitrogens with two attached hydrogens (primary N) is 1. The molecule has 2 fully saturated rings. The maximum absolute atomic E-state index is 5.95. The fourth-order valence-electron chi connectivity index (χ4n) is 2.61. The van der Waals surface area contributed by atoms with E-state index in [2.05, 4.69) is 11.0 Å². The second-order valence-electron chi connectivity index (χ2n) is 4.77. The first-order valence-electron chi connectivity index (χ1n) is 6.11. The molecular formula is C13H18N2O2. The van der Waals surface area contributed by atoms with E-state index in [4.69, 9.17) is 15.2 Å². The van der Waals surface area contributed by atoms with Gasteiger partial charge in [-0.1, -0.05) is 18.2 Å². The lowest BCUT2D eigenvalue weighted by Crippen LogP contribution is -2.34. The van der Waals surface area contributed by atoms with E-state index in [9.17, 15) is 0 Å². The second kappa shape index (κ2) is 4.29. The van der Waals surface area contributed by atoms with Crippen LogP contribution in [-0.2, 0) is 16.0 Å². The van der Waals surface area contributed by atoms with Gasteiger partial charge in [0.25, 0.3) is 0 Å². The molecule has 0 bridgehead atoms. The van der Waals surface area contributed by atoms with Crippen molar-refractivity contribution in [3.8, 4) is 0 Å². The first kappa shape index (κ1) is 11.0. The lowest BCUT2D eigenvalue weighted by Gasteiger charge is -2.22. The zero-order chi connectivity index (χ0) is 11.7. The van der Waals surface area contributed by atoms with Crippen LogP contribution in [-0.4, -0.2) is 37.0 Å². The van der Waals surface area contributed by atoms with Crippen LogP contribution in [0.25, 0.3) is 0 Å². The van der Waals surface area contributed by atoms with Crippen LogP contribution in [0.4, 0.5) is 5.69 Å². The first-order valence-corrected chi connectivity index (χ1v) is 6.11. The summed E-state index contributed by atoms with van der Waals surface area (Å²) in [6.07, 6.45) is 0.958. The monoisotopic (exact) mass is 234 g/mol. The van der Waals surface area contributed by atoms with Gasteiger partial charge in [0.1, 0.15) is 0 Å². The molecule has 92 valence electrons. The molecule has 1 aromatic rings. The average Bonchev–Trinajstić information content (AvgIpc) is 2.94. The van der Waals surface area contributed by atoms with Gasteiger partial charge in [-0.15, -0.1) is 0 Å². The molecule has 0 aromatic heterocycles. The average molecular weight is 234 g/mol. The van der Waals surface area contributed by atoms with Crippen molar-refractivity contribution in [2.75, 3.05) is 32.0 Å². The molecule has 2 aliphatic rings. The Bertz CT molecular complexity index is 402. The summed E-state index contributed by atoms with van der Waals surface area (Å²) in [5.41, 5.74) is 8.00. The number of ether oxygens (including phenoxy) is 2. The SMILES string of the molecule is Nc1ccccc1CN1CCC2(C1)OCCO2. The maximum Gasteiger partial charge on any atom is 0.182 e. The highest BCUT2D eigenvalue weighted by atomic mass is 16.7. The lowest BCUT2D eigenvalue weighted by molar-refractivity contribution is -0.145. The number of hydrogen-bond acceptors (Lipinski definition) is 4. The number of hydrogen-bond donors (Lipinski definition) is 1. The van der Waals surface area contributed by atoms with Crippen LogP contribution in [0, 0.1) is 0 Å². The number of nitrogen functional groups attached to an aromatic ring is 1. The molecule has 0 radical (unpaired) electrons. The fraction of sp³-hybridized carbons (Fsp3) is 0.538. The van der Waals surface area contributed by atoms with Gasteiger partial charge in [0, 0.05) is 25.2 Å². The minimum Gasteiger partial charge on any atom is -0.398 e. The van der Waals surface area contributed by atoms with Crippen LogP contribution < -0.4 is 5.73 Å². The summed E-state index contributed by atoms with van der Waals surface area (Å²) >= 11 is 0. The van der Waals surface area contributed by atoms with E-state index < -0.39 is 0 Å². The Hall–Kier alpha value is -1.10. The highest BCUT2D eigenvalue weighted by Crippen LogP contribution is 2.31. The molecule has 1 aromatic carbocycles. The van der Waals surface area contributed by atoms with Gasteiger partial charge in [-0.25, -0.2) is 0 Å². The van der Waals surface area contributed by atoms with Gasteiger partial charge in [-0.3, -0.25) is 4.90 Å². The van der Waals surface area contributed by atoms with E-state index in [0.717, 1.165) is 45.0 Å². The highest BCUT2D eigenvalue weighted by Gasteiger charge is 2.43. The van der Waals surface area contributed by atoms with Crippen molar-refractivity contribution in [2.24, 2.45) is 0 Å². The summed E-state index contributed by atoms with van der Waals surface area (Å²) < 4.78 is 11.4. The third-order valence-corrected chi connectivity index (χ3v) is 3.54. The van der Waals surface area contributed by atoms with Crippen LogP contribution in [0.15, 0.2) is 24.3 Å². The molecule has 2 saturated heterocycles. The number of nitrogens with zero attached hydrogens (tertiary/aromatic N) is 1. The van der Waals surface area contributed by atoms with E-state index in [1.165, 1.54) is 5.56 Å². The number of likely N-dealkylation sites (tertiary alicyclic amines) is 1. The van der Waals surface area contributed by atoms with Gasteiger partial charge in [-0.2, -0.15) is 0 Å². The third-order valence-electron chi connectivity index (χ3n) is 3.54. The summed E-state index contributed by atoms with van der Waals surface area (Å²) in [6, 6.07) is 8.02. The van der Waals surface area contributed by atoms with Crippen molar-refractivity contribution in [2.45, 2.75) is 18.8 Å². The number of benzene rings is 1. The summed E-state index contributed by atoms with van der Waals surface area (Å²) in [4.78, 5) is 2.34. The summed E-state index contributed by atoms with van der Waals surface area (Å²) in [7, 11) is 0. The van der Waals surface area contributed by atoms with Crippen LogP contribution in [0.5, 0.6) is 0 Å². The Morgan fingerprint density at radius 1 is 1.24 bits per heavy atom. The molecule has 3 rings (SSSR count). The smallest absolute Gasteiger partial charge is 0.182 e. The molecule has 17 heavy (non-hydrogen) atoms. The van der Waals surface area contributed by atoms with Gasteiger partial charge in [0.15, 0.2) is 5.79 Å². The molecule has 1 spiro atoms. The molecule has 0 unspecified atom stereocenters. The Kier molecular flexibility index (Phi) is 2.78. The van der Waals surface area contributed by atoms with Gasteiger partial charge in [-0.05, 0) is 11.6 Å². The van der Waals surface area contributed by atoms with Gasteiger partial charge >= 0.3 is 0 Å². The summed E-state index contributed by atoms with van der Waals surface area (Å²) in [6.45, 7) is 4.18. The topological polar surface area (TPSA) is 47.7 Å². The normalized spacial score (nSPS) is 23.5. The molecule has 4 nitrogen and oxygen atoms in total. The molecule has 2 N–H and O–H groups in total. The van der Waals surface area contributed by atoms with Crippen LogP contribution in [0.1, 0.15) is 12.0 Å². The highest BCUT2D eigenvalue weighted by molar-refractivity contribution is 5.46. The number of rotatable bonds is 2. The molecule has 4 heteroatoms. The molecule has 0 atom stereocenters. The van der Waals surface area contributed by atoms with Crippen molar-refractivity contribution >= 4 is 5.69 Å². The quantitative estimate of drug-likeness (QED) is 0.782. The minimum absolute atomic E-state index is 0.330. The Morgan fingerprint density at radius 2 is 2.00 bits per heavy atom. The predicted molar refractivity (Wildman–Crippen MR) is 65.4 cm³/mol. The van der Waals surface area contributed by atoms with Crippen LogP contribution >= 0.6 is 0 Å². The Balaban J connectivity index is 1.66. The molecule has 2 heterocycles. The predicted octanol–water partition coefficient (Wildman–Crippen LogP) is 1.22. The number of para-hydroxylation sites is 1. The van der Waals surface area contributed by atoms with E-state index in [1.54, 1.807) is 0 Å². The van der Waals surface area contributed by atoms with E-state index >= 15 is 0 Å². The summed E-state index contributed by atoms with van der Waals surface area (Å²) in [5, 5.41) is 0. The number of anilines is 1. The zero-order valence-corrected chi connectivity index (χ0v) is 9.89. The van der Waals surface area contributed by atoms with Gasteiger partial charge < -0.3 is 15.2 Å². The van der Waals surface area contributed by atoms with Crippen molar-refractivity contribution in [1.29, 1.82) is 0 Å². The Labute approximate surface area is 101 Å². The standard InChI is InChI=1S/C13H18N2O2/c14-12-4-2-1-3-11(12)9-15-6-5-13(10-15)16-7-8-17-13/h1-4H,5-10,14H2. The van der Waals surface area contributed by atoms with Gasteiger partial charge in [0.2, 0.25) is 0 Å². The minimum atomic E-state index is -0.330. The fourth-order valence-corrected chi connectivity index (χ4v) is 2.61.